The zero-order chi connectivity index (χ0) is 25.0. The molecule has 13 heteroatoms. The van der Waals surface area contributed by atoms with Crippen molar-refractivity contribution in [2.75, 3.05) is 40.5 Å². The van der Waals surface area contributed by atoms with Crippen LogP contribution in [0.1, 0.15) is 27.1 Å². The summed E-state index contributed by atoms with van der Waals surface area (Å²) >= 11 is 0. The van der Waals surface area contributed by atoms with Crippen LogP contribution in [-0.2, 0) is 19.5 Å². The number of hydrogen-bond donors (Lipinski definition) is 3. The van der Waals surface area contributed by atoms with Crippen molar-refractivity contribution in [2.24, 2.45) is 0 Å². The van der Waals surface area contributed by atoms with Gasteiger partial charge < -0.3 is 24.8 Å². The highest BCUT2D eigenvalue weighted by Gasteiger charge is 2.20. The SMILES string of the molecule is COCCCNC(=O)c1cccc(S(=O)(=O)NC(=O)c2ccc(OC(=O)NCCOC)nc2)c1. The van der Waals surface area contributed by atoms with Crippen LogP contribution in [0.25, 0.3) is 0 Å². The summed E-state index contributed by atoms with van der Waals surface area (Å²) in [5, 5.41) is 5.09. The molecule has 1 aromatic carbocycles. The van der Waals surface area contributed by atoms with Gasteiger partial charge in [-0.25, -0.2) is 22.9 Å². The van der Waals surface area contributed by atoms with Gasteiger partial charge in [0, 0.05) is 51.7 Å². The van der Waals surface area contributed by atoms with Gasteiger partial charge in [0.05, 0.1) is 17.1 Å². The van der Waals surface area contributed by atoms with Crippen LogP contribution >= 0.6 is 0 Å². The van der Waals surface area contributed by atoms with E-state index in [2.05, 4.69) is 15.6 Å². The fourth-order valence-electron chi connectivity index (χ4n) is 2.53. The first kappa shape index (κ1) is 26.7. The van der Waals surface area contributed by atoms with Crippen molar-refractivity contribution in [2.45, 2.75) is 11.3 Å². The number of benzene rings is 1. The molecule has 0 fully saturated rings. The number of carbonyl (C=O) groups is 3. The number of methoxy groups -OCH3 is 2. The summed E-state index contributed by atoms with van der Waals surface area (Å²) in [7, 11) is -1.24. The molecule has 0 atom stereocenters. The first-order chi connectivity index (χ1) is 16.3. The van der Waals surface area contributed by atoms with Crippen LogP contribution in [0.2, 0.25) is 0 Å². The van der Waals surface area contributed by atoms with Gasteiger partial charge in [-0.1, -0.05) is 6.07 Å². The van der Waals surface area contributed by atoms with Crippen molar-refractivity contribution in [1.82, 2.24) is 20.3 Å². The Labute approximate surface area is 197 Å². The number of nitrogens with one attached hydrogen (secondary N) is 3. The minimum atomic E-state index is -4.27. The van der Waals surface area contributed by atoms with E-state index in [1.807, 2.05) is 4.72 Å². The molecule has 0 bridgehead atoms. The van der Waals surface area contributed by atoms with E-state index < -0.39 is 27.9 Å². The first-order valence-corrected chi connectivity index (χ1v) is 11.6. The molecule has 0 aliphatic heterocycles. The number of rotatable bonds is 12. The first-order valence-electron chi connectivity index (χ1n) is 10.1. The number of aromatic nitrogens is 1. The molecule has 3 N–H and O–H groups in total. The maximum absolute atomic E-state index is 12.6. The lowest BCUT2D eigenvalue weighted by atomic mass is 10.2. The summed E-state index contributed by atoms with van der Waals surface area (Å²) < 4.78 is 41.8. The summed E-state index contributed by atoms with van der Waals surface area (Å²) in [6.45, 7) is 1.38. The second-order valence-corrected chi connectivity index (χ2v) is 8.44. The van der Waals surface area contributed by atoms with Crippen molar-refractivity contribution in [3.8, 4) is 5.88 Å². The van der Waals surface area contributed by atoms with Gasteiger partial charge in [-0.3, -0.25) is 9.59 Å². The molecule has 2 aromatic rings. The highest BCUT2D eigenvalue weighted by atomic mass is 32.2. The van der Waals surface area contributed by atoms with Crippen LogP contribution in [0.5, 0.6) is 5.88 Å². The minimum absolute atomic E-state index is 0.0808. The summed E-state index contributed by atoms with van der Waals surface area (Å²) in [4.78, 5) is 39.8. The molecule has 0 saturated heterocycles. The topological polar surface area (TPSA) is 162 Å². The van der Waals surface area contributed by atoms with Crippen LogP contribution in [0.15, 0.2) is 47.5 Å². The molecule has 0 aliphatic carbocycles. The highest BCUT2D eigenvalue weighted by molar-refractivity contribution is 7.90. The number of carbonyl (C=O) groups excluding carboxylic acids is 3. The van der Waals surface area contributed by atoms with Gasteiger partial charge in [0.15, 0.2) is 0 Å². The van der Waals surface area contributed by atoms with Gasteiger partial charge in [-0.2, -0.15) is 0 Å². The fourth-order valence-corrected chi connectivity index (χ4v) is 3.55. The van der Waals surface area contributed by atoms with Crippen molar-refractivity contribution in [1.29, 1.82) is 0 Å². The van der Waals surface area contributed by atoms with E-state index in [0.717, 1.165) is 6.20 Å². The van der Waals surface area contributed by atoms with E-state index in [9.17, 15) is 22.8 Å². The number of pyridine rings is 1. The second kappa shape index (κ2) is 13.2. The monoisotopic (exact) mass is 494 g/mol. The second-order valence-electron chi connectivity index (χ2n) is 6.76. The lowest BCUT2D eigenvalue weighted by molar-refractivity contribution is 0.0946. The largest absolute Gasteiger partial charge is 0.414 e. The smallest absolute Gasteiger partial charge is 0.391 e. The third-order valence-corrected chi connectivity index (χ3v) is 5.54. The van der Waals surface area contributed by atoms with Gasteiger partial charge in [-0.15, -0.1) is 0 Å². The summed E-state index contributed by atoms with van der Waals surface area (Å²) in [5.74, 6) is -1.48. The van der Waals surface area contributed by atoms with Crippen molar-refractivity contribution in [3.05, 3.63) is 53.7 Å². The molecule has 1 heterocycles. The molecular formula is C21H26N4O8S. The molecule has 184 valence electrons. The number of ether oxygens (including phenoxy) is 3. The Morgan fingerprint density at radius 1 is 0.912 bits per heavy atom. The number of amides is 3. The summed E-state index contributed by atoms with van der Waals surface area (Å²) in [5.41, 5.74) is 0.0439. The normalized spacial score (nSPS) is 10.9. The fraction of sp³-hybridized carbons (Fsp3) is 0.333. The van der Waals surface area contributed by atoms with Crippen molar-refractivity contribution >= 4 is 27.9 Å². The number of nitrogens with zero attached hydrogens (tertiary/aromatic N) is 1. The maximum atomic E-state index is 12.6. The minimum Gasteiger partial charge on any atom is -0.391 e. The van der Waals surface area contributed by atoms with E-state index in [1.165, 1.54) is 43.5 Å². The molecule has 0 radical (unpaired) electrons. The zero-order valence-electron chi connectivity index (χ0n) is 18.7. The predicted octanol–water partition coefficient (Wildman–Crippen LogP) is 0.701. The lowest BCUT2D eigenvalue weighted by Gasteiger charge is -2.09. The van der Waals surface area contributed by atoms with E-state index in [4.69, 9.17) is 14.2 Å². The van der Waals surface area contributed by atoms with Crippen LogP contribution < -0.4 is 20.1 Å². The number of hydrogen-bond acceptors (Lipinski definition) is 9. The molecule has 12 nitrogen and oxygen atoms in total. The van der Waals surface area contributed by atoms with E-state index in [1.54, 1.807) is 7.11 Å². The van der Waals surface area contributed by atoms with Crippen LogP contribution in [0.4, 0.5) is 4.79 Å². The Kier molecular flexibility index (Phi) is 10.4. The standard InChI is InChI=1S/C21H26N4O8S/c1-31-11-4-9-22-19(26)15-5-3-6-17(13-15)34(29,30)25-20(27)16-7-8-18(24-14-16)33-21(28)23-10-12-32-2/h3,5-8,13-14H,4,9-12H2,1-2H3,(H,22,26)(H,23,28)(H,25,27). The van der Waals surface area contributed by atoms with E-state index >= 15 is 0 Å². The Hall–Kier alpha value is -3.55. The molecule has 3 amide bonds. The van der Waals surface area contributed by atoms with Crippen LogP contribution in [0, 0.1) is 0 Å². The van der Waals surface area contributed by atoms with E-state index in [-0.39, 0.29) is 28.4 Å². The molecule has 34 heavy (non-hydrogen) atoms. The zero-order valence-corrected chi connectivity index (χ0v) is 19.5. The Balaban J connectivity index is 2.00. The van der Waals surface area contributed by atoms with Gasteiger partial charge in [-0.05, 0) is 30.7 Å². The predicted molar refractivity (Wildman–Crippen MR) is 120 cm³/mol. The van der Waals surface area contributed by atoms with Crippen LogP contribution in [0.3, 0.4) is 0 Å². The number of sulfonamides is 1. The Morgan fingerprint density at radius 2 is 1.68 bits per heavy atom. The van der Waals surface area contributed by atoms with E-state index in [0.29, 0.717) is 26.2 Å². The molecule has 0 saturated carbocycles. The third-order valence-electron chi connectivity index (χ3n) is 4.22. The van der Waals surface area contributed by atoms with Gasteiger partial charge in [0.2, 0.25) is 5.88 Å². The molecular weight excluding hydrogens is 468 g/mol. The van der Waals surface area contributed by atoms with Gasteiger partial charge in [0.25, 0.3) is 21.8 Å². The average molecular weight is 495 g/mol. The Bertz CT molecular complexity index is 1090. The molecule has 1 aromatic heterocycles. The van der Waals surface area contributed by atoms with Crippen molar-refractivity contribution < 1.29 is 37.0 Å². The molecule has 2 rings (SSSR count). The third kappa shape index (κ3) is 8.42. The van der Waals surface area contributed by atoms with Crippen molar-refractivity contribution in [3.63, 3.8) is 0 Å². The van der Waals surface area contributed by atoms with Gasteiger partial charge in [0.1, 0.15) is 0 Å². The Morgan fingerprint density at radius 3 is 2.35 bits per heavy atom. The highest BCUT2D eigenvalue weighted by Crippen LogP contribution is 2.13. The van der Waals surface area contributed by atoms with Gasteiger partial charge >= 0.3 is 6.09 Å². The maximum Gasteiger partial charge on any atom is 0.414 e. The lowest BCUT2D eigenvalue weighted by Crippen LogP contribution is -2.31. The molecule has 0 aliphatic rings. The summed E-state index contributed by atoms with van der Waals surface area (Å²) in [6.07, 6.45) is 0.908. The quantitative estimate of drug-likeness (QED) is 0.361. The van der Waals surface area contributed by atoms with Crippen LogP contribution in [-0.4, -0.2) is 71.8 Å². The average Bonchev–Trinajstić information content (AvgIpc) is 2.82. The molecule has 0 spiro atoms. The molecule has 0 unspecified atom stereocenters. The summed E-state index contributed by atoms with van der Waals surface area (Å²) in [6, 6.07) is 7.77.